The van der Waals surface area contributed by atoms with E-state index in [0.29, 0.717) is 18.1 Å². The first-order valence-corrected chi connectivity index (χ1v) is 5.10. The molecule has 0 saturated carbocycles. The van der Waals surface area contributed by atoms with Gasteiger partial charge in [-0.2, -0.15) is 0 Å². The number of carbonyl (C=O) groups is 1. The predicted molar refractivity (Wildman–Crippen MR) is 58.8 cm³/mol. The van der Waals surface area contributed by atoms with E-state index in [1.165, 1.54) is 0 Å². The number of carbonyl (C=O) groups excluding carboxylic acids is 1. The van der Waals surface area contributed by atoms with Crippen molar-refractivity contribution in [2.24, 2.45) is 12.8 Å². The number of hydrogen-bond donors (Lipinski definition) is 2. The summed E-state index contributed by atoms with van der Waals surface area (Å²) in [4.78, 5) is 11.7. The third-order valence-corrected chi connectivity index (χ3v) is 2.30. The first-order valence-electron chi connectivity index (χ1n) is 5.10. The lowest BCUT2D eigenvalue weighted by molar-refractivity contribution is 0.0920. The molecule has 0 bridgehead atoms. The molecule has 2 aromatic rings. The summed E-state index contributed by atoms with van der Waals surface area (Å²) in [5.74, 6) is 1.19. The van der Waals surface area contributed by atoms with Crippen LogP contribution in [0.1, 0.15) is 22.1 Å². The van der Waals surface area contributed by atoms with E-state index in [0.717, 1.165) is 0 Å². The zero-order valence-electron chi connectivity index (χ0n) is 9.38. The highest BCUT2D eigenvalue weighted by Crippen LogP contribution is 2.06. The van der Waals surface area contributed by atoms with Crippen LogP contribution in [0.15, 0.2) is 22.9 Å². The summed E-state index contributed by atoms with van der Waals surface area (Å²) in [7, 11) is 1.81. The number of hydrogen-bond acceptors (Lipinski definition) is 5. The van der Waals surface area contributed by atoms with Gasteiger partial charge in [-0.25, -0.2) is 0 Å². The van der Waals surface area contributed by atoms with Gasteiger partial charge < -0.3 is 20.0 Å². The topological polar surface area (TPSA) is 99.0 Å². The van der Waals surface area contributed by atoms with Crippen LogP contribution in [0, 0.1) is 0 Å². The summed E-state index contributed by atoms with van der Waals surface area (Å²) in [6.45, 7) is 0.574. The molecule has 0 atom stereocenters. The minimum absolute atomic E-state index is 0.243. The molecule has 0 radical (unpaired) electrons. The first-order chi connectivity index (χ1) is 8.20. The van der Waals surface area contributed by atoms with Gasteiger partial charge in [0.15, 0.2) is 11.6 Å². The second kappa shape index (κ2) is 4.79. The molecule has 90 valence electrons. The van der Waals surface area contributed by atoms with Gasteiger partial charge in [-0.15, -0.1) is 10.2 Å². The fraction of sp³-hybridized carbons (Fsp3) is 0.300. The minimum atomic E-state index is -0.298. The standard InChI is InChI=1S/C10H13N5O2/c1-15-6-13-14-9(15)5-12-10(16)8-3-2-7(4-11)17-8/h2-3,6H,4-5,11H2,1H3,(H,12,16). The quantitative estimate of drug-likeness (QED) is 0.764. The van der Waals surface area contributed by atoms with E-state index in [-0.39, 0.29) is 18.2 Å². The Balaban J connectivity index is 1.95. The molecular weight excluding hydrogens is 222 g/mol. The van der Waals surface area contributed by atoms with Crippen LogP contribution in [0.5, 0.6) is 0 Å². The molecule has 2 heterocycles. The van der Waals surface area contributed by atoms with Crippen LogP contribution < -0.4 is 11.1 Å². The second-order valence-corrected chi connectivity index (χ2v) is 3.51. The van der Waals surface area contributed by atoms with E-state index in [9.17, 15) is 4.79 Å². The molecule has 0 fully saturated rings. The van der Waals surface area contributed by atoms with Crippen LogP contribution in [0.3, 0.4) is 0 Å². The molecule has 0 aliphatic rings. The highest BCUT2D eigenvalue weighted by molar-refractivity contribution is 5.91. The Morgan fingerprint density at radius 3 is 3.00 bits per heavy atom. The maximum atomic E-state index is 11.7. The van der Waals surface area contributed by atoms with E-state index in [1.54, 1.807) is 30.1 Å². The maximum Gasteiger partial charge on any atom is 0.287 e. The number of nitrogens with zero attached hydrogens (tertiary/aromatic N) is 3. The Morgan fingerprint density at radius 2 is 2.41 bits per heavy atom. The van der Waals surface area contributed by atoms with Crippen LogP contribution in [-0.4, -0.2) is 20.7 Å². The smallest absolute Gasteiger partial charge is 0.287 e. The van der Waals surface area contributed by atoms with E-state index in [1.807, 2.05) is 0 Å². The molecular formula is C10H13N5O2. The fourth-order valence-corrected chi connectivity index (χ4v) is 1.32. The van der Waals surface area contributed by atoms with Crippen molar-refractivity contribution in [3.8, 4) is 0 Å². The van der Waals surface area contributed by atoms with Crippen molar-refractivity contribution in [3.63, 3.8) is 0 Å². The molecule has 17 heavy (non-hydrogen) atoms. The van der Waals surface area contributed by atoms with Crippen molar-refractivity contribution in [2.75, 3.05) is 0 Å². The number of amides is 1. The molecule has 7 heteroatoms. The van der Waals surface area contributed by atoms with Gasteiger partial charge in [-0.1, -0.05) is 0 Å². The van der Waals surface area contributed by atoms with Crippen LogP contribution in [0.2, 0.25) is 0 Å². The van der Waals surface area contributed by atoms with Crippen molar-refractivity contribution >= 4 is 5.91 Å². The highest BCUT2D eigenvalue weighted by Gasteiger charge is 2.11. The van der Waals surface area contributed by atoms with Crippen molar-refractivity contribution in [3.05, 3.63) is 35.8 Å². The Labute approximate surface area is 97.6 Å². The van der Waals surface area contributed by atoms with E-state index in [4.69, 9.17) is 10.2 Å². The van der Waals surface area contributed by atoms with Gasteiger partial charge in [0.2, 0.25) is 0 Å². The summed E-state index contributed by atoms with van der Waals surface area (Å²) in [5.41, 5.74) is 5.39. The van der Waals surface area contributed by atoms with Crippen LogP contribution in [0.4, 0.5) is 0 Å². The molecule has 0 saturated heterocycles. The van der Waals surface area contributed by atoms with Crippen molar-refractivity contribution in [1.29, 1.82) is 0 Å². The number of furan rings is 1. The van der Waals surface area contributed by atoms with E-state index >= 15 is 0 Å². The predicted octanol–water partition coefficient (Wildman–Crippen LogP) is -0.203. The van der Waals surface area contributed by atoms with Gasteiger partial charge in [-0.3, -0.25) is 4.79 Å². The molecule has 0 unspecified atom stereocenters. The van der Waals surface area contributed by atoms with Crippen LogP contribution in [0.25, 0.3) is 0 Å². The molecule has 0 aromatic carbocycles. The molecule has 3 N–H and O–H groups in total. The Bertz CT molecular complexity index is 516. The van der Waals surface area contributed by atoms with Gasteiger partial charge >= 0.3 is 0 Å². The van der Waals surface area contributed by atoms with Gasteiger partial charge in [-0.05, 0) is 12.1 Å². The molecule has 2 aromatic heterocycles. The molecule has 0 spiro atoms. The van der Waals surface area contributed by atoms with Crippen LogP contribution in [-0.2, 0) is 20.1 Å². The van der Waals surface area contributed by atoms with Gasteiger partial charge in [0.05, 0.1) is 13.1 Å². The molecule has 7 nitrogen and oxygen atoms in total. The number of aryl methyl sites for hydroxylation is 1. The Kier molecular flexibility index (Phi) is 3.20. The van der Waals surface area contributed by atoms with Crippen LogP contribution >= 0.6 is 0 Å². The van der Waals surface area contributed by atoms with E-state index in [2.05, 4.69) is 15.5 Å². The highest BCUT2D eigenvalue weighted by atomic mass is 16.4. The molecule has 0 aliphatic heterocycles. The average Bonchev–Trinajstić information content (AvgIpc) is 2.94. The zero-order chi connectivity index (χ0) is 12.3. The lowest BCUT2D eigenvalue weighted by atomic mass is 10.4. The third kappa shape index (κ3) is 2.51. The fourth-order valence-electron chi connectivity index (χ4n) is 1.32. The van der Waals surface area contributed by atoms with Crippen molar-refractivity contribution in [1.82, 2.24) is 20.1 Å². The second-order valence-electron chi connectivity index (χ2n) is 3.51. The zero-order valence-corrected chi connectivity index (χ0v) is 9.38. The molecule has 1 amide bonds. The first kappa shape index (κ1) is 11.3. The summed E-state index contributed by atoms with van der Waals surface area (Å²) in [6, 6.07) is 3.27. The molecule has 2 rings (SSSR count). The Morgan fingerprint density at radius 1 is 1.59 bits per heavy atom. The lowest BCUT2D eigenvalue weighted by Gasteiger charge is -2.02. The summed E-state index contributed by atoms with van der Waals surface area (Å²) < 4.78 is 6.94. The lowest BCUT2D eigenvalue weighted by Crippen LogP contribution is -2.23. The number of nitrogens with one attached hydrogen (secondary N) is 1. The van der Waals surface area contributed by atoms with Gasteiger partial charge in [0, 0.05) is 7.05 Å². The largest absolute Gasteiger partial charge is 0.455 e. The molecule has 0 aliphatic carbocycles. The normalized spacial score (nSPS) is 10.5. The van der Waals surface area contributed by atoms with Crippen molar-refractivity contribution < 1.29 is 9.21 Å². The van der Waals surface area contributed by atoms with Crippen molar-refractivity contribution in [2.45, 2.75) is 13.1 Å². The Hall–Kier alpha value is -2.15. The maximum absolute atomic E-state index is 11.7. The van der Waals surface area contributed by atoms with Gasteiger partial charge in [0.1, 0.15) is 12.1 Å². The monoisotopic (exact) mass is 235 g/mol. The SMILES string of the molecule is Cn1cnnc1CNC(=O)c1ccc(CN)o1. The number of rotatable bonds is 4. The average molecular weight is 235 g/mol. The number of nitrogens with two attached hydrogens (primary N) is 1. The summed E-state index contributed by atoms with van der Waals surface area (Å²) in [5, 5.41) is 10.2. The summed E-state index contributed by atoms with van der Waals surface area (Å²) in [6.07, 6.45) is 1.57. The third-order valence-electron chi connectivity index (χ3n) is 2.30. The minimum Gasteiger partial charge on any atom is -0.455 e. The van der Waals surface area contributed by atoms with Gasteiger partial charge in [0.25, 0.3) is 5.91 Å². The van der Waals surface area contributed by atoms with E-state index < -0.39 is 0 Å². The summed E-state index contributed by atoms with van der Waals surface area (Å²) >= 11 is 0. The number of aromatic nitrogens is 3.